The number of halogens is 4. The summed E-state index contributed by atoms with van der Waals surface area (Å²) in [7, 11) is 2.99. The molecule has 0 aliphatic carbocycles. The molecule has 1 aliphatic heterocycles. The molecule has 0 saturated carbocycles. The Bertz CT molecular complexity index is 1070. The lowest BCUT2D eigenvalue weighted by Gasteiger charge is -2.33. The minimum absolute atomic E-state index is 0.206. The molecule has 1 aliphatic rings. The van der Waals surface area contributed by atoms with Gasteiger partial charge in [0, 0.05) is 23.1 Å². The third kappa shape index (κ3) is 3.79. The van der Waals surface area contributed by atoms with Crippen LogP contribution in [0.5, 0.6) is 11.5 Å². The molecule has 2 aromatic carbocycles. The van der Waals surface area contributed by atoms with Gasteiger partial charge in [-0.05, 0) is 29.8 Å². The van der Waals surface area contributed by atoms with Crippen LogP contribution in [0.3, 0.4) is 0 Å². The van der Waals surface area contributed by atoms with Crippen molar-refractivity contribution in [3.8, 4) is 22.8 Å². The second-order valence-electron chi connectivity index (χ2n) is 6.97. The first-order valence-electron chi connectivity index (χ1n) is 9.21. The fourth-order valence-electron chi connectivity index (χ4n) is 3.65. The van der Waals surface area contributed by atoms with E-state index >= 15 is 0 Å². The van der Waals surface area contributed by atoms with E-state index in [1.807, 2.05) is 0 Å². The number of nitrogens with one attached hydrogen (secondary N) is 1. The van der Waals surface area contributed by atoms with Crippen LogP contribution >= 0.6 is 11.6 Å². The first-order chi connectivity index (χ1) is 14.3. The van der Waals surface area contributed by atoms with Crippen molar-refractivity contribution >= 4 is 17.4 Å². The average Bonchev–Trinajstić information content (AvgIpc) is 3.16. The number of hydrogen-bond donors (Lipinski definition) is 1. The number of hydrogen-bond acceptors (Lipinski definition) is 4. The summed E-state index contributed by atoms with van der Waals surface area (Å²) in [5.41, 5.74) is 1.73. The van der Waals surface area contributed by atoms with Crippen LogP contribution in [0.1, 0.15) is 24.1 Å². The topological polar surface area (TPSA) is 48.3 Å². The summed E-state index contributed by atoms with van der Waals surface area (Å²) in [6, 6.07) is 11.2. The number of aromatic nitrogens is 2. The molecule has 3 aromatic rings. The Hall–Kier alpha value is -2.87. The molecule has 2 heterocycles. The minimum Gasteiger partial charge on any atom is -0.493 e. The van der Waals surface area contributed by atoms with Crippen molar-refractivity contribution in [3.05, 3.63) is 59.1 Å². The molecule has 30 heavy (non-hydrogen) atoms. The van der Waals surface area contributed by atoms with Gasteiger partial charge in [0.05, 0.1) is 26.0 Å². The van der Waals surface area contributed by atoms with Crippen molar-refractivity contribution in [1.29, 1.82) is 0 Å². The van der Waals surface area contributed by atoms with Crippen molar-refractivity contribution in [3.63, 3.8) is 0 Å². The zero-order valence-electron chi connectivity index (χ0n) is 16.2. The van der Waals surface area contributed by atoms with Gasteiger partial charge in [0.1, 0.15) is 5.82 Å². The van der Waals surface area contributed by atoms with Gasteiger partial charge in [-0.1, -0.05) is 29.8 Å². The van der Waals surface area contributed by atoms with Gasteiger partial charge in [0.2, 0.25) is 0 Å². The lowest BCUT2D eigenvalue weighted by Crippen LogP contribution is -2.35. The zero-order chi connectivity index (χ0) is 21.5. The molecule has 4 rings (SSSR count). The summed E-state index contributed by atoms with van der Waals surface area (Å²) in [6.45, 7) is 0. The highest BCUT2D eigenvalue weighted by atomic mass is 35.5. The largest absolute Gasteiger partial charge is 0.493 e. The molecule has 5 nitrogen and oxygen atoms in total. The Morgan fingerprint density at radius 2 is 1.83 bits per heavy atom. The maximum absolute atomic E-state index is 13.9. The predicted octanol–water partition coefficient (Wildman–Crippen LogP) is 5.88. The monoisotopic (exact) mass is 437 g/mol. The van der Waals surface area contributed by atoms with Crippen molar-refractivity contribution in [1.82, 2.24) is 9.78 Å². The van der Waals surface area contributed by atoms with Crippen LogP contribution < -0.4 is 14.8 Å². The Kier molecular flexibility index (Phi) is 5.27. The van der Waals surface area contributed by atoms with Crippen LogP contribution in [0.4, 0.5) is 19.0 Å². The minimum atomic E-state index is -4.46. The number of benzene rings is 2. The van der Waals surface area contributed by atoms with Crippen LogP contribution in [-0.2, 0) is 0 Å². The second-order valence-corrected chi connectivity index (χ2v) is 7.41. The third-order valence-electron chi connectivity index (χ3n) is 5.12. The average molecular weight is 438 g/mol. The van der Waals surface area contributed by atoms with Gasteiger partial charge in [-0.25, -0.2) is 4.68 Å². The number of nitrogens with zero attached hydrogens (tertiary/aromatic N) is 2. The molecule has 0 saturated heterocycles. The molecule has 0 bridgehead atoms. The van der Waals surface area contributed by atoms with Gasteiger partial charge < -0.3 is 14.8 Å². The Morgan fingerprint density at radius 1 is 1.07 bits per heavy atom. The lowest BCUT2D eigenvalue weighted by molar-refractivity contribution is -0.173. The third-order valence-corrected chi connectivity index (χ3v) is 5.36. The van der Waals surface area contributed by atoms with E-state index < -0.39 is 18.3 Å². The van der Waals surface area contributed by atoms with Crippen LogP contribution in [0.25, 0.3) is 11.3 Å². The number of methoxy groups -OCH3 is 2. The Morgan fingerprint density at radius 3 is 2.50 bits per heavy atom. The van der Waals surface area contributed by atoms with E-state index in [0.29, 0.717) is 39.2 Å². The highest BCUT2D eigenvalue weighted by Gasteiger charge is 2.46. The number of rotatable bonds is 4. The molecular formula is C21H19ClF3N3O2. The SMILES string of the molecule is COc1ccc([C@H]2C[C@@H](C(F)(F)F)n3nc(-c4cccc(Cl)c4)cc3N2)cc1OC. The smallest absolute Gasteiger partial charge is 0.410 e. The molecule has 0 radical (unpaired) electrons. The fourth-order valence-corrected chi connectivity index (χ4v) is 3.84. The normalized spacial score (nSPS) is 18.5. The number of anilines is 1. The second kappa shape index (κ2) is 7.75. The van der Waals surface area contributed by atoms with Gasteiger partial charge in [-0.3, -0.25) is 0 Å². The standard InChI is InChI=1S/C21H19ClF3N3O2/c1-29-17-7-6-13(9-18(17)30-2)15-10-19(21(23,24)25)28-20(26-15)11-16(27-28)12-4-3-5-14(22)8-12/h3-9,11,15,19,26H,10H2,1-2H3/t15-,19+/m1/s1. The number of ether oxygens (including phenoxy) is 2. The van der Waals surface area contributed by atoms with E-state index in [9.17, 15) is 13.2 Å². The maximum Gasteiger partial charge on any atom is 0.410 e. The van der Waals surface area contributed by atoms with Crippen molar-refractivity contribution in [2.75, 3.05) is 19.5 Å². The van der Waals surface area contributed by atoms with Crippen LogP contribution in [0.15, 0.2) is 48.5 Å². The van der Waals surface area contributed by atoms with Crippen molar-refractivity contribution in [2.45, 2.75) is 24.7 Å². The molecule has 0 fully saturated rings. The first-order valence-corrected chi connectivity index (χ1v) is 9.58. The Labute approximate surface area is 176 Å². The molecule has 2 atom stereocenters. The highest BCUT2D eigenvalue weighted by molar-refractivity contribution is 6.30. The summed E-state index contributed by atoms with van der Waals surface area (Å²) >= 11 is 6.03. The molecular weight excluding hydrogens is 419 g/mol. The summed E-state index contributed by atoms with van der Waals surface area (Å²) in [6.07, 6.45) is -4.66. The van der Waals surface area contributed by atoms with Gasteiger partial charge in [-0.2, -0.15) is 18.3 Å². The molecule has 0 amide bonds. The zero-order valence-corrected chi connectivity index (χ0v) is 17.0. The fraction of sp³-hybridized carbons (Fsp3) is 0.286. The van der Waals surface area contributed by atoms with Crippen LogP contribution in [-0.4, -0.2) is 30.2 Å². The van der Waals surface area contributed by atoms with Crippen LogP contribution in [0, 0.1) is 0 Å². The first kappa shape index (κ1) is 20.4. The molecule has 1 aromatic heterocycles. The lowest BCUT2D eigenvalue weighted by atomic mass is 9.96. The van der Waals surface area contributed by atoms with Gasteiger partial charge in [0.15, 0.2) is 17.5 Å². The van der Waals surface area contributed by atoms with Crippen molar-refractivity contribution < 1.29 is 22.6 Å². The molecule has 158 valence electrons. The van der Waals surface area contributed by atoms with Gasteiger partial charge in [-0.15, -0.1) is 0 Å². The molecule has 0 spiro atoms. The van der Waals surface area contributed by atoms with E-state index in [0.717, 1.165) is 4.68 Å². The van der Waals surface area contributed by atoms with E-state index in [4.69, 9.17) is 21.1 Å². The van der Waals surface area contributed by atoms with E-state index in [1.165, 1.54) is 14.2 Å². The number of alkyl halides is 3. The highest BCUT2D eigenvalue weighted by Crippen LogP contribution is 2.45. The van der Waals surface area contributed by atoms with Gasteiger partial charge in [0.25, 0.3) is 0 Å². The predicted molar refractivity (Wildman–Crippen MR) is 108 cm³/mol. The van der Waals surface area contributed by atoms with E-state index in [-0.39, 0.29) is 6.42 Å². The maximum atomic E-state index is 13.9. The summed E-state index contributed by atoms with van der Waals surface area (Å²) in [4.78, 5) is 0. The summed E-state index contributed by atoms with van der Waals surface area (Å²) in [5.74, 6) is 1.26. The quantitative estimate of drug-likeness (QED) is 0.553. The molecule has 1 N–H and O–H groups in total. The van der Waals surface area contributed by atoms with E-state index in [1.54, 1.807) is 48.5 Å². The van der Waals surface area contributed by atoms with E-state index in [2.05, 4.69) is 10.4 Å². The van der Waals surface area contributed by atoms with Gasteiger partial charge >= 0.3 is 6.18 Å². The molecule has 0 unspecified atom stereocenters. The molecule has 9 heteroatoms. The van der Waals surface area contributed by atoms with Crippen LogP contribution in [0.2, 0.25) is 5.02 Å². The Balaban J connectivity index is 1.74. The summed E-state index contributed by atoms with van der Waals surface area (Å²) in [5, 5.41) is 7.90. The summed E-state index contributed by atoms with van der Waals surface area (Å²) < 4.78 is 53.2. The van der Waals surface area contributed by atoms with Crippen molar-refractivity contribution in [2.24, 2.45) is 0 Å². The number of fused-ring (bicyclic) bond motifs is 1.